The van der Waals surface area contributed by atoms with Crippen LogP contribution in [0.4, 0.5) is 0 Å². The summed E-state index contributed by atoms with van der Waals surface area (Å²) in [5.74, 6) is 0.171. The Morgan fingerprint density at radius 3 is 2.75 bits per heavy atom. The summed E-state index contributed by atoms with van der Waals surface area (Å²) in [4.78, 5) is 10.5. The van der Waals surface area contributed by atoms with Crippen molar-refractivity contribution >= 4 is 17.7 Å². The average molecular weight is 241 g/mol. The highest BCUT2D eigenvalue weighted by Gasteiger charge is 2.42. The fourth-order valence-corrected chi connectivity index (χ4v) is 2.50. The van der Waals surface area contributed by atoms with Gasteiger partial charge >= 0.3 is 5.97 Å². The Kier molecular flexibility index (Phi) is 2.92. The number of nitrogens with zero attached hydrogens (tertiary/aromatic N) is 3. The molecule has 0 amide bonds. The van der Waals surface area contributed by atoms with E-state index < -0.39 is 5.97 Å². The number of hydrogen-bond donors (Lipinski definition) is 1. The molecule has 0 saturated heterocycles. The Balaban J connectivity index is 2.24. The van der Waals surface area contributed by atoms with Gasteiger partial charge in [-0.05, 0) is 19.8 Å². The summed E-state index contributed by atoms with van der Waals surface area (Å²) < 4.78 is 2.11. The van der Waals surface area contributed by atoms with Gasteiger partial charge in [0.05, 0.1) is 5.75 Å². The standard InChI is InChI=1S/C10H15N3O2S/c1-3-7-11-12-9(16-6-8(14)15)13(7)10(2)4-5-10/h3-6H2,1-2H3,(H,14,15). The molecule has 1 aliphatic rings. The van der Waals surface area contributed by atoms with E-state index in [1.165, 1.54) is 11.8 Å². The van der Waals surface area contributed by atoms with Gasteiger partial charge in [0.2, 0.25) is 0 Å². The normalized spacial score (nSPS) is 17.4. The van der Waals surface area contributed by atoms with Crippen molar-refractivity contribution in [1.82, 2.24) is 14.8 Å². The third kappa shape index (κ3) is 2.07. The largest absolute Gasteiger partial charge is 0.481 e. The smallest absolute Gasteiger partial charge is 0.313 e. The van der Waals surface area contributed by atoms with E-state index in [1.54, 1.807) is 0 Å². The van der Waals surface area contributed by atoms with E-state index in [1.807, 2.05) is 6.92 Å². The number of carbonyl (C=O) groups is 1. The monoisotopic (exact) mass is 241 g/mol. The molecule has 1 aliphatic carbocycles. The van der Waals surface area contributed by atoms with Crippen LogP contribution < -0.4 is 0 Å². The van der Waals surface area contributed by atoms with Crippen molar-refractivity contribution in [2.24, 2.45) is 0 Å². The molecular weight excluding hydrogens is 226 g/mol. The molecule has 0 spiro atoms. The second kappa shape index (κ2) is 4.08. The van der Waals surface area contributed by atoms with Gasteiger partial charge in [-0.25, -0.2) is 0 Å². The molecule has 0 unspecified atom stereocenters. The fourth-order valence-electron chi connectivity index (χ4n) is 1.70. The van der Waals surface area contributed by atoms with Crippen LogP contribution in [0.2, 0.25) is 0 Å². The summed E-state index contributed by atoms with van der Waals surface area (Å²) in [5.41, 5.74) is 0.121. The van der Waals surface area contributed by atoms with Crippen molar-refractivity contribution in [1.29, 1.82) is 0 Å². The number of thioether (sulfide) groups is 1. The van der Waals surface area contributed by atoms with Crippen molar-refractivity contribution in [3.05, 3.63) is 5.82 Å². The maximum atomic E-state index is 10.5. The van der Waals surface area contributed by atoms with Crippen molar-refractivity contribution in [2.45, 2.75) is 43.8 Å². The van der Waals surface area contributed by atoms with Gasteiger partial charge in [-0.2, -0.15) is 0 Å². The number of hydrogen-bond acceptors (Lipinski definition) is 4. The van der Waals surface area contributed by atoms with Crippen LogP contribution in [0, 0.1) is 0 Å². The summed E-state index contributed by atoms with van der Waals surface area (Å²) in [6.07, 6.45) is 3.08. The first-order chi connectivity index (χ1) is 7.57. The summed E-state index contributed by atoms with van der Waals surface area (Å²) in [5, 5.41) is 17.6. The highest BCUT2D eigenvalue weighted by atomic mass is 32.2. The lowest BCUT2D eigenvalue weighted by molar-refractivity contribution is -0.133. The van der Waals surface area contributed by atoms with Gasteiger partial charge in [0.15, 0.2) is 5.16 Å². The molecule has 0 aliphatic heterocycles. The quantitative estimate of drug-likeness (QED) is 0.792. The number of carboxylic acid groups (broad SMARTS) is 1. The number of aromatic nitrogens is 3. The number of aryl methyl sites for hydroxylation is 1. The molecule has 0 radical (unpaired) electrons. The first-order valence-corrected chi connectivity index (χ1v) is 6.35. The van der Waals surface area contributed by atoms with Crippen LogP contribution in [0.15, 0.2) is 5.16 Å². The Labute approximate surface area is 98.3 Å². The van der Waals surface area contributed by atoms with Crippen LogP contribution >= 0.6 is 11.8 Å². The fraction of sp³-hybridized carbons (Fsp3) is 0.700. The number of carboxylic acids is 1. The predicted molar refractivity (Wildman–Crippen MR) is 60.6 cm³/mol. The van der Waals surface area contributed by atoms with E-state index in [2.05, 4.69) is 21.7 Å². The molecule has 1 aromatic rings. The molecule has 1 saturated carbocycles. The van der Waals surface area contributed by atoms with Crippen LogP contribution in [0.25, 0.3) is 0 Å². The molecule has 88 valence electrons. The zero-order valence-corrected chi connectivity index (χ0v) is 10.3. The maximum Gasteiger partial charge on any atom is 0.313 e. The van der Waals surface area contributed by atoms with Gasteiger partial charge in [0, 0.05) is 12.0 Å². The lowest BCUT2D eigenvalue weighted by Crippen LogP contribution is -2.17. The van der Waals surface area contributed by atoms with Crippen LogP contribution in [0.1, 0.15) is 32.5 Å². The van der Waals surface area contributed by atoms with Crippen LogP contribution in [0.3, 0.4) is 0 Å². The van der Waals surface area contributed by atoms with E-state index >= 15 is 0 Å². The van der Waals surface area contributed by atoms with E-state index in [0.717, 1.165) is 30.2 Å². The molecule has 6 heteroatoms. The van der Waals surface area contributed by atoms with Gasteiger partial charge in [0.1, 0.15) is 5.82 Å². The molecule has 1 fully saturated rings. The van der Waals surface area contributed by atoms with E-state index in [0.29, 0.717) is 0 Å². The van der Waals surface area contributed by atoms with Crippen molar-refractivity contribution in [3.8, 4) is 0 Å². The minimum absolute atomic E-state index is 0.0396. The minimum atomic E-state index is -0.821. The molecule has 0 bridgehead atoms. The van der Waals surface area contributed by atoms with Gasteiger partial charge in [-0.1, -0.05) is 18.7 Å². The Morgan fingerprint density at radius 2 is 2.25 bits per heavy atom. The molecule has 1 N–H and O–H groups in total. The third-order valence-electron chi connectivity index (χ3n) is 2.85. The lowest BCUT2D eigenvalue weighted by atomic mass is 10.3. The second-order valence-electron chi connectivity index (χ2n) is 4.27. The molecule has 16 heavy (non-hydrogen) atoms. The zero-order valence-electron chi connectivity index (χ0n) is 9.43. The maximum absolute atomic E-state index is 10.5. The Hall–Kier alpha value is -1.04. The summed E-state index contributed by atoms with van der Waals surface area (Å²) in [6.45, 7) is 4.21. The van der Waals surface area contributed by atoms with E-state index in [-0.39, 0.29) is 11.3 Å². The van der Waals surface area contributed by atoms with Gasteiger partial charge < -0.3 is 9.67 Å². The van der Waals surface area contributed by atoms with E-state index in [4.69, 9.17) is 5.11 Å². The number of aliphatic carboxylic acids is 1. The van der Waals surface area contributed by atoms with Crippen molar-refractivity contribution in [3.63, 3.8) is 0 Å². The number of rotatable bonds is 5. The summed E-state index contributed by atoms with van der Waals surface area (Å²) >= 11 is 1.25. The highest BCUT2D eigenvalue weighted by Crippen LogP contribution is 2.45. The minimum Gasteiger partial charge on any atom is -0.481 e. The van der Waals surface area contributed by atoms with Gasteiger partial charge in [0.25, 0.3) is 0 Å². The van der Waals surface area contributed by atoms with Crippen LogP contribution in [0.5, 0.6) is 0 Å². The molecule has 2 rings (SSSR count). The summed E-state index contributed by atoms with van der Waals surface area (Å²) in [7, 11) is 0. The highest BCUT2D eigenvalue weighted by molar-refractivity contribution is 7.99. The molecule has 5 nitrogen and oxygen atoms in total. The molecule has 0 atom stereocenters. The average Bonchev–Trinajstić information content (AvgIpc) is 2.83. The van der Waals surface area contributed by atoms with E-state index in [9.17, 15) is 4.79 Å². The third-order valence-corrected chi connectivity index (χ3v) is 3.77. The molecule has 1 heterocycles. The first-order valence-electron chi connectivity index (χ1n) is 5.36. The van der Waals surface area contributed by atoms with Crippen molar-refractivity contribution in [2.75, 3.05) is 5.75 Å². The molecular formula is C10H15N3O2S. The van der Waals surface area contributed by atoms with Gasteiger partial charge in [-0.15, -0.1) is 10.2 Å². The molecule has 1 aromatic heterocycles. The van der Waals surface area contributed by atoms with Crippen LogP contribution in [-0.4, -0.2) is 31.6 Å². The van der Waals surface area contributed by atoms with Crippen LogP contribution in [-0.2, 0) is 16.8 Å². The predicted octanol–water partition coefficient (Wildman–Crippen LogP) is 1.53. The zero-order chi connectivity index (χ0) is 11.8. The second-order valence-corrected chi connectivity index (χ2v) is 5.21. The van der Waals surface area contributed by atoms with Gasteiger partial charge in [-0.3, -0.25) is 4.79 Å². The molecule has 0 aromatic carbocycles. The first kappa shape index (κ1) is 11.4. The Morgan fingerprint density at radius 1 is 1.56 bits per heavy atom. The van der Waals surface area contributed by atoms with Crippen molar-refractivity contribution < 1.29 is 9.90 Å². The SMILES string of the molecule is CCc1nnc(SCC(=O)O)n1C1(C)CC1. The lowest BCUT2D eigenvalue weighted by Gasteiger charge is -2.15. The summed E-state index contributed by atoms with van der Waals surface area (Å²) in [6, 6.07) is 0. The Bertz CT molecular complexity index is 412. The topological polar surface area (TPSA) is 68.0 Å².